The number of rotatable bonds is 3. The van der Waals surface area contributed by atoms with Gasteiger partial charge in [-0.05, 0) is 44.2 Å². The van der Waals surface area contributed by atoms with E-state index in [9.17, 15) is 9.59 Å². The van der Waals surface area contributed by atoms with Gasteiger partial charge in [0.25, 0.3) is 11.8 Å². The minimum atomic E-state index is -0.301. The summed E-state index contributed by atoms with van der Waals surface area (Å²) < 4.78 is 10.8. The Morgan fingerprint density at radius 2 is 1.58 bits per heavy atom. The quantitative estimate of drug-likeness (QED) is 0.713. The minimum absolute atomic E-state index is 0.138. The summed E-state index contributed by atoms with van der Waals surface area (Å²) in [6, 6.07) is 11.1. The third-order valence-electron chi connectivity index (χ3n) is 6.14. The SMILES string of the molecule is Cc1ccc(C2=C(N3CCN(C)CC3)C(=O)N(c3ccc4c(c3)OCO4)C2=O)c(C)c1. The lowest BCUT2D eigenvalue weighted by molar-refractivity contribution is -0.120. The summed E-state index contributed by atoms with van der Waals surface area (Å²) in [5.41, 5.74) is 4.36. The maximum absolute atomic E-state index is 13.7. The highest BCUT2D eigenvalue weighted by Crippen LogP contribution is 2.40. The van der Waals surface area contributed by atoms with Gasteiger partial charge in [0, 0.05) is 32.2 Å². The van der Waals surface area contributed by atoms with E-state index in [0.29, 0.717) is 41.5 Å². The van der Waals surface area contributed by atoms with E-state index in [0.717, 1.165) is 29.8 Å². The van der Waals surface area contributed by atoms with Crippen molar-refractivity contribution >= 4 is 23.1 Å². The summed E-state index contributed by atoms with van der Waals surface area (Å²) in [5, 5.41) is 0. The average molecular weight is 419 g/mol. The number of hydrogen-bond acceptors (Lipinski definition) is 6. The predicted octanol–water partition coefficient (Wildman–Crippen LogP) is 2.56. The second-order valence-corrected chi connectivity index (χ2v) is 8.32. The number of carbonyl (C=O) groups is 2. The fourth-order valence-electron chi connectivity index (χ4n) is 4.44. The van der Waals surface area contributed by atoms with Crippen LogP contribution in [0.1, 0.15) is 16.7 Å². The van der Waals surface area contributed by atoms with Gasteiger partial charge in [-0.2, -0.15) is 0 Å². The Bertz CT molecular complexity index is 1120. The molecule has 1 saturated heterocycles. The summed E-state index contributed by atoms with van der Waals surface area (Å²) in [4.78, 5) is 32.9. The number of amides is 2. The molecule has 5 rings (SSSR count). The number of anilines is 1. The van der Waals surface area contributed by atoms with Crippen molar-refractivity contribution in [2.24, 2.45) is 0 Å². The third kappa shape index (κ3) is 3.25. The number of aryl methyl sites for hydroxylation is 2. The maximum atomic E-state index is 13.7. The Hall–Kier alpha value is -3.32. The van der Waals surface area contributed by atoms with Gasteiger partial charge in [0.2, 0.25) is 6.79 Å². The van der Waals surface area contributed by atoms with Gasteiger partial charge >= 0.3 is 0 Å². The molecule has 0 saturated carbocycles. The van der Waals surface area contributed by atoms with Crippen LogP contribution in [0.15, 0.2) is 42.1 Å². The molecule has 0 aliphatic carbocycles. The second kappa shape index (κ2) is 7.42. The highest BCUT2D eigenvalue weighted by Gasteiger charge is 2.43. The van der Waals surface area contributed by atoms with Crippen molar-refractivity contribution in [2.75, 3.05) is 44.9 Å². The summed E-state index contributed by atoms with van der Waals surface area (Å²) in [6.07, 6.45) is 0. The summed E-state index contributed by atoms with van der Waals surface area (Å²) in [5.74, 6) is 0.567. The van der Waals surface area contributed by atoms with Crippen LogP contribution in [-0.2, 0) is 9.59 Å². The van der Waals surface area contributed by atoms with Gasteiger partial charge in [0.1, 0.15) is 5.70 Å². The molecule has 3 aliphatic rings. The van der Waals surface area contributed by atoms with Crippen LogP contribution in [0.3, 0.4) is 0 Å². The summed E-state index contributed by atoms with van der Waals surface area (Å²) in [6.45, 7) is 7.23. The number of ether oxygens (including phenoxy) is 2. The van der Waals surface area contributed by atoms with E-state index in [-0.39, 0.29) is 18.6 Å². The van der Waals surface area contributed by atoms with Gasteiger partial charge in [-0.3, -0.25) is 9.59 Å². The molecular formula is C24H25N3O4. The van der Waals surface area contributed by atoms with E-state index >= 15 is 0 Å². The molecule has 0 spiro atoms. The molecule has 0 bridgehead atoms. The Kier molecular flexibility index (Phi) is 4.70. The van der Waals surface area contributed by atoms with Crippen molar-refractivity contribution in [3.8, 4) is 11.5 Å². The first-order valence-electron chi connectivity index (χ1n) is 10.5. The highest BCUT2D eigenvalue weighted by molar-refractivity contribution is 6.45. The van der Waals surface area contributed by atoms with Crippen LogP contribution in [0, 0.1) is 13.8 Å². The van der Waals surface area contributed by atoms with Gasteiger partial charge in [-0.15, -0.1) is 0 Å². The first-order valence-corrected chi connectivity index (χ1v) is 10.5. The van der Waals surface area contributed by atoms with E-state index in [1.165, 1.54) is 4.90 Å². The normalized spacial score (nSPS) is 19.1. The van der Waals surface area contributed by atoms with Crippen molar-refractivity contribution in [1.29, 1.82) is 0 Å². The van der Waals surface area contributed by atoms with E-state index in [2.05, 4.69) is 16.8 Å². The number of imide groups is 1. The highest BCUT2D eigenvalue weighted by atomic mass is 16.7. The molecule has 3 aliphatic heterocycles. The predicted molar refractivity (Wildman–Crippen MR) is 117 cm³/mol. The van der Waals surface area contributed by atoms with E-state index in [4.69, 9.17) is 9.47 Å². The molecule has 0 aromatic heterocycles. The lowest BCUT2D eigenvalue weighted by Gasteiger charge is -2.34. The van der Waals surface area contributed by atoms with Crippen molar-refractivity contribution in [2.45, 2.75) is 13.8 Å². The minimum Gasteiger partial charge on any atom is -0.454 e. The zero-order chi connectivity index (χ0) is 21.7. The van der Waals surface area contributed by atoms with Gasteiger partial charge in [-0.1, -0.05) is 23.8 Å². The van der Waals surface area contributed by atoms with Gasteiger partial charge in [-0.25, -0.2) is 4.90 Å². The van der Waals surface area contributed by atoms with Gasteiger partial charge in [0.05, 0.1) is 11.3 Å². The van der Waals surface area contributed by atoms with Crippen LogP contribution in [0.5, 0.6) is 11.5 Å². The van der Waals surface area contributed by atoms with Crippen molar-refractivity contribution in [3.63, 3.8) is 0 Å². The van der Waals surface area contributed by atoms with Crippen LogP contribution < -0.4 is 14.4 Å². The van der Waals surface area contributed by atoms with E-state index in [1.54, 1.807) is 18.2 Å². The monoisotopic (exact) mass is 419 g/mol. The molecule has 7 heteroatoms. The van der Waals surface area contributed by atoms with Crippen LogP contribution in [0.4, 0.5) is 5.69 Å². The first kappa shape index (κ1) is 19.6. The molecule has 7 nitrogen and oxygen atoms in total. The Balaban J connectivity index is 1.61. The zero-order valence-corrected chi connectivity index (χ0v) is 18.0. The lowest BCUT2D eigenvalue weighted by atomic mass is 9.97. The standard InChI is InChI=1S/C24H25N3O4/c1-15-4-6-18(16(2)12-15)21-22(26-10-8-25(3)9-11-26)24(29)27(23(21)28)17-5-7-19-20(13-17)31-14-30-19/h4-7,12-13H,8-11,14H2,1-3H3. The molecule has 0 radical (unpaired) electrons. The van der Waals surface area contributed by atoms with Crippen molar-refractivity contribution in [1.82, 2.24) is 9.80 Å². The molecule has 3 heterocycles. The molecular weight excluding hydrogens is 394 g/mol. The zero-order valence-electron chi connectivity index (χ0n) is 18.0. The Labute approximate surface area is 181 Å². The van der Waals surface area contributed by atoms with E-state index < -0.39 is 0 Å². The number of carbonyl (C=O) groups excluding carboxylic acids is 2. The number of hydrogen-bond donors (Lipinski definition) is 0. The number of piperazine rings is 1. The Morgan fingerprint density at radius 3 is 2.32 bits per heavy atom. The molecule has 2 aromatic carbocycles. The van der Waals surface area contributed by atoms with Crippen molar-refractivity contribution < 1.29 is 19.1 Å². The first-order chi connectivity index (χ1) is 14.9. The topological polar surface area (TPSA) is 62.3 Å². The van der Waals surface area contributed by atoms with Gasteiger partial charge < -0.3 is 19.3 Å². The molecule has 0 unspecified atom stereocenters. The second-order valence-electron chi connectivity index (χ2n) is 8.32. The lowest BCUT2D eigenvalue weighted by Crippen LogP contribution is -2.46. The fourth-order valence-corrected chi connectivity index (χ4v) is 4.44. The molecule has 2 amide bonds. The average Bonchev–Trinajstić information content (AvgIpc) is 3.30. The van der Waals surface area contributed by atoms with Crippen LogP contribution in [-0.4, -0.2) is 61.6 Å². The number of fused-ring (bicyclic) bond motifs is 1. The molecule has 31 heavy (non-hydrogen) atoms. The number of likely N-dealkylation sites (N-methyl/N-ethyl adjacent to an activating group) is 1. The van der Waals surface area contributed by atoms with Crippen LogP contribution in [0.25, 0.3) is 5.57 Å². The Morgan fingerprint density at radius 1 is 0.839 bits per heavy atom. The molecule has 2 aromatic rings. The van der Waals surface area contributed by atoms with Crippen molar-refractivity contribution in [3.05, 3.63) is 58.8 Å². The number of nitrogens with zero attached hydrogens (tertiary/aromatic N) is 3. The number of benzene rings is 2. The molecule has 0 atom stereocenters. The fraction of sp³-hybridized carbons (Fsp3) is 0.333. The van der Waals surface area contributed by atoms with Crippen LogP contribution >= 0.6 is 0 Å². The van der Waals surface area contributed by atoms with E-state index in [1.807, 2.05) is 32.0 Å². The molecule has 160 valence electrons. The largest absolute Gasteiger partial charge is 0.454 e. The smallest absolute Gasteiger partial charge is 0.282 e. The molecule has 1 fully saturated rings. The summed E-state index contributed by atoms with van der Waals surface area (Å²) in [7, 11) is 2.07. The van der Waals surface area contributed by atoms with Crippen LogP contribution in [0.2, 0.25) is 0 Å². The maximum Gasteiger partial charge on any atom is 0.282 e. The summed E-state index contributed by atoms with van der Waals surface area (Å²) >= 11 is 0. The third-order valence-corrected chi connectivity index (χ3v) is 6.14. The molecule has 0 N–H and O–H groups in total. The van der Waals surface area contributed by atoms with Gasteiger partial charge in [0.15, 0.2) is 11.5 Å².